The van der Waals surface area contributed by atoms with Crippen LogP contribution in [0.5, 0.6) is 0 Å². The van der Waals surface area contributed by atoms with Crippen LogP contribution in [0.1, 0.15) is 73.6 Å². The highest BCUT2D eigenvalue weighted by Gasteiger charge is 2.64. The van der Waals surface area contributed by atoms with Gasteiger partial charge < -0.3 is 28.8 Å². The predicted molar refractivity (Wildman–Crippen MR) is 114 cm³/mol. The SMILES string of the molecule is CC(=O)O[C@@H]1[C@@H](OC(C)=O)C2=C(C)C(=O)O[C@]2(O)C[C@@]2(C)O[C@@H]2CC[C@H](C)[C@H]2CC[C@]1(C)O2. The quantitative estimate of drug-likeness (QED) is 0.371. The molecule has 4 aliphatic heterocycles. The number of hydrogen-bond acceptors (Lipinski definition) is 9. The molecule has 184 valence electrons. The third-order valence-electron chi connectivity index (χ3n) is 7.63. The molecule has 3 fully saturated rings. The minimum absolute atomic E-state index is 0.0248. The van der Waals surface area contributed by atoms with Crippen molar-refractivity contribution in [1.82, 2.24) is 0 Å². The molecule has 0 unspecified atom stereocenters. The number of rotatable bonds is 2. The van der Waals surface area contributed by atoms with Crippen molar-refractivity contribution in [3.05, 3.63) is 11.1 Å². The summed E-state index contributed by atoms with van der Waals surface area (Å²) in [4.78, 5) is 37.0. The molecule has 4 heterocycles. The smallest absolute Gasteiger partial charge is 0.336 e. The molecule has 1 N–H and O–H groups in total. The number of fused-ring (bicyclic) bond motifs is 4. The maximum Gasteiger partial charge on any atom is 0.336 e. The zero-order valence-electron chi connectivity index (χ0n) is 20.1. The fourth-order valence-electron chi connectivity index (χ4n) is 5.78. The summed E-state index contributed by atoms with van der Waals surface area (Å²) < 4.78 is 29.3. The lowest BCUT2D eigenvalue weighted by atomic mass is 9.80. The molecule has 4 rings (SSSR count). The fraction of sp³-hybridized carbons (Fsp3) is 0.792. The fourth-order valence-corrected chi connectivity index (χ4v) is 5.78. The van der Waals surface area contributed by atoms with E-state index in [2.05, 4.69) is 6.92 Å². The highest BCUT2D eigenvalue weighted by atomic mass is 16.7. The number of ether oxygens (including phenoxy) is 5. The second-order valence-corrected chi connectivity index (χ2v) is 10.4. The van der Waals surface area contributed by atoms with Gasteiger partial charge in [0.25, 0.3) is 0 Å². The van der Waals surface area contributed by atoms with Crippen LogP contribution in [0.3, 0.4) is 0 Å². The average Bonchev–Trinajstić information content (AvgIpc) is 3.03. The van der Waals surface area contributed by atoms with E-state index >= 15 is 0 Å². The molecule has 0 spiro atoms. The molecule has 0 radical (unpaired) electrons. The van der Waals surface area contributed by atoms with Gasteiger partial charge in [0, 0.05) is 25.8 Å². The van der Waals surface area contributed by atoms with Crippen molar-refractivity contribution in [2.24, 2.45) is 5.92 Å². The number of esters is 3. The summed E-state index contributed by atoms with van der Waals surface area (Å²) >= 11 is 0. The Hall–Kier alpha value is -1.97. The van der Waals surface area contributed by atoms with Gasteiger partial charge >= 0.3 is 17.9 Å². The van der Waals surface area contributed by atoms with Crippen LogP contribution in [-0.2, 0) is 38.1 Å². The Morgan fingerprint density at radius 3 is 2.33 bits per heavy atom. The van der Waals surface area contributed by atoms with Crippen molar-refractivity contribution in [1.29, 1.82) is 0 Å². The Balaban J connectivity index is 1.86. The Morgan fingerprint density at radius 2 is 1.70 bits per heavy atom. The molecule has 0 aliphatic carbocycles. The highest BCUT2D eigenvalue weighted by molar-refractivity contribution is 5.92. The molecule has 9 heteroatoms. The molecule has 2 bridgehead atoms. The third-order valence-corrected chi connectivity index (χ3v) is 7.63. The van der Waals surface area contributed by atoms with E-state index in [1.54, 1.807) is 0 Å². The summed E-state index contributed by atoms with van der Waals surface area (Å²) in [6.45, 7) is 9.80. The molecule has 33 heavy (non-hydrogen) atoms. The van der Waals surface area contributed by atoms with Gasteiger partial charge in [-0.15, -0.1) is 0 Å². The Kier molecular flexibility index (Phi) is 5.90. The molecule has 0 amide bonds. The topological polar surface area (TPSA) is 121 Å². The van der Waals surface area contributed by atoms with Gasteiger partial charge in [0.15, 0.2) is 12.2 Å². The van der Waals surface area contributed by atoms with Gasteiger partial charge in [0.05, 0.1) is 23.4 Å². The van der Waals surface area contributed by atoms with E-state index in [0.717, 1.165) is 19.3 Å². The van der Waals surface area contributed by atoms with Crippen LogP contribution in [0.4, 0.5) is 0 Å². The minimum atomic E-state index is -2.07. The number of carbonyl (C=O) groups is 3. The van der Waals surface area contributed by atoms with Crippen LogP contribution in [0.25, 0.3) is 0 Å². The van der Waals surface area contributed by atoms with Crippen LogP contribution in [0, 0.1) is 5.92 Å². The summed E-state index contributed by atoms with van der Waals surface area (Å²) in [7, 11) is 0. The lowest BCUT2D eigenvalue weighted by Gasteiger charge is -2.40. The molecule has 0 aromatic rings. The lowest BCUT2D eigenvalue weighted by molar-refractivity contribution is -0.209. The van der Waals surface area contributed by atoms with Gasteiger partial charge in [0.2, 0.25) is 5.79 Å². The molecule has 0 saturated carbocycles. The van der Waals surface area contributed by atoms with Crippen LogP contribution in [0.2, 0.25) is 0 Å². The first-order chi connectivity index (χ1) is 15.3. The van der Waals surface area contributed by atoms with E-state index in [1.165, 1.54) is 20.8 Å². The first-order valence-corrected chi connectivity index (χ1v) is 11.6. The minimum Gasteiger partial charge on any atom is -0.455 e. The summed E-state index contributed by atoms with van der Waals surface area (Å²) in [6.07, 6.45) is 0.349. The van der Waals surface area contributed by atoms with Gasteiger partial charge in [-0.3, -0.25) is 9.59 Å². The maximum atomic E-state index is 12.6. The maximum absolute atomic E-state index is 12.6. The van der Waals surface area contributed by atoms with Crippen molar-refractivity contribution in [2.45, 2.75) is 115 Å². The van der Waals surface area contributed by atoms with Gasteiger partial charge in [-0.2, -0.15) is 0 Å². The van der Waals surface area contributed by atoms with Crippen LogP contribution in [-0.4, -0.2) is 64.4 Å². The van der Waals surface area contributed by atoms with E-state index < -0.39 is 47.1 Å². The lowest BCUT2D eigenvalue weighted by Crippen LogP contribution is -2.55. The Labute approximate surface area is 193 Å². The number of aliphatic hydroxyl groups is 1. The average molecular weight is 467 g/mol. The van der Waals surface area contributed by atoms with Crippen molar-refractivity contribution < 1.29 is 43.2 Å². The van der Waals surface area contributed by atoms with Gasteiger partial charge in [-0.25, -0.2) is 4.79 Å². The molecule has 4 aliphatic rings. The number of carbonyl (C=O) groups excluding carboxylic acids is 3. The zero-order chi connectivity index (χ0) is 24.3. The van der Waals surface area contributed by atoms with Crippen molar-refractivity contribution in [2.75, 3.05) is 0 Å². The summed E-state index contributed by atoms with van der Waals surface area (Å²) in [5.41, 5.74) is -1.52. The molecule has 9 nitrogen and oxygen atoms in total. The van der Waals surface area contributed by atoms with E-state index in [1.807, 2.05) is 13.8 Å². The number of epoxide rings is 1. The van der Waals surface area contributed by atoms with E-state index in [4.69, 9.17) is 23.7 Å². The first kappa shape index (κ1) is 24.2. The largest absolute Gasteiger partial charge is 0.455 e. The predicted octanol–water partition coefficient (Wildman–Crippen LogP) is 2.33. The summed E-state index contributed by atoms with van der Waals surface area (Å²) in [5, 5.41) is 11.7. The highest BCUT2D eigenvalue weighted by Crippen LogP contribution is 2.52. The van der Waals surface area contributed by atoms with Gasteiger partial charge in [-0.05, 0) is 52.4 Å². The van der Waals surface area contributed by atoms with Gasteiger partial charge in [-0.1, -0.05) is 6.92 Å². The third kappa shape index (κ3) is 4.31. The van der Waals surface area contributed by atoms with Crippen molar-refractivity contribution in [3.8, 4) is 0 Å². The van der Waals surface area contributed by atoms with E-state index in [0.29, 0.717) is 6.42 Å². The van der Waals surface area contributed by atoms with Crippen molar-refractivity contribution >= 4 is 17.9 Å². The summed E-state index contributed by atoms with van der Waals surface area (Å²) in [5.74, 6) is -3.80. The normalized spacial score (nSPS) is 45.1. The number of hydrogen-bond donors (Lipinski definition) is 1. The Morgan fingerprint density at radius 1 is 1.03 bits per heavy atom. The summed E-state index contributed by atoms with van der Waals surface area (Å²) in [6, 6.07) is 0. The van der Waals surface area contributed by atoms with Crippen LogP contribution in [0.15, 0.2) is 11.1 Å². The Bertz CT molecular complexity index is 896. The molecular formula is C24H34O9. The van der Waals surface area contributed by atoms with E-state index in [-0.39, 0.29) is 35.7 Å². The van der Waals surface area contributed by atoms with Crippen LogP contribution < -0.4 is 0 Å². The van der Waals surface area contributed by atoms with E-state index in [9.17, 15) is 19.5 Å². The van der Waals surface area contributed by atoms with Crippen molar-refractivity contribution in [3.63, 3.8) is 0 Å². The second kappa shape index (κ2) is 8.06. The molecule has 3 saturated heterocycles. The standard InChI is InChI=1S/C24H34O9/c1-12-7-8-17-23(6,32-17)11-24(28)18(13(2)21(27)33-24)19(29-14(3)25)20(30-15(4)26)22(5)10-9-16(12)31-22/h12,16-17,19-20,28H,7-11H2,1-6H3/t12-,16+,17+,19-,20+,22-,23+,24+/m0/s1. The molecule has 8 atom stereocenters. The molecule has 0 aromatic heterocycles. The second-order valence-electron chi connectivity index (χ2n) is 10.4. The zero-order valence-corrected chi connectivity index (χ0v) is 20.1. The molecule has 0 aromatic carbocycles. The molecular weight excluding hydrogens is 432 g/mol. The monoisotopic (exact) mass is 466 g/mol. The first-order valence-electron chi connectivity index (χ1n) is 11.6. The van der Waals surface area contributed by atoms with Crippen LogP contribution >= 0.6 is 0 Å². The van der Waals surface area contributed by atoms with Gasteiger partial charge in [0.1, 0.15) is 5.60 Å².